The van der Waals surface area contributed by atoms with Gasteiger partial charge in [0.05, 0.1) is 17.2 Å². The number of hydrogen-bond acceptors (Lipinski definition) is 5. The molecule has 7 heteroatoms. The van der Waals surface area contributed by atoms with Crippen LogP contribution >= 0.6 is 0 Å². The predicted octanol–water partition coefficient (Wildman–Crippen LogP) is 2.53. The fourth-order valence-corrected chi connectivity index (χ4v) is 2.71. The van der Waals surface area contributed by atoms with E-state index in [4.69, 9.17) is 4.74 Å². The van der Waals surface area contributed by atoms with E-state index in [9.17, 15) is 14.4 Å². The molecule has 1 aromatic heterocycles. The van der Waals surface area contributed by atoms with Gasteiger partial charge in [-0.1, -0.05) is 31.2 Å². The van der Waals surface area contributed by atoms with Crippen molar-refractivity contribution in [1.82, 2.24) is 9.55 Å². The van der Waals surface area contributed by atoms with Gasteiger partial charge in [-0.3, -0.25) is 19.0 Å². The molecule has 0 spiro atoms. The van der Waals surface area contributed by atoms with Crippen LogP contribution in [-0.4, -0.2) is 27.5 Å². The quantitative estimate of drug-likeness (QED) is 0.665. The lowest BCUT2D eigenvalue weighted by atomic mass is 10.1. The zero-order valence-corrected chi connectivity index (χ0v) is 15.7. The first-order valence-corrected chi connectivity index (χ1v) is 9.01. The number of rotatable bonds is 6. The molecule has 0 radical (unpaired) electrons. The van der Waals surface area contributed by atoms with Crippen LogP contribution in [0.1, 0.15) is 19.4 Å². The number of amides is 1. The molecule has 1 N–H and O–H groups in total. The molecule has 28 heavy (non-hydrogen) atoms. The summed E-state index contributed by atoms with van der Waals surface area (Å²) in [4.78, 5) is 41.0. The molecule has 144 valence electrons. The van der Waals surface area contributed by atoms with Gasteiger partial charge in [0.25, 0.3) is 11.5 Å². The first-order valence-electron chi connectivity index (χ1n) is 9.01. The molecule has 0 fully saturated rings. The van der Waals surface area contributed by atoms with E-state index in [2.05, 4.69) is 10.3 Å². The van der Waals surface area contributed by atoms with Gasteiger partial charge in [0.2, 0.25) is 0 Å². The molecule has 2 aromatic carbocycles. The van der Waals surface area contributed by atoms with Crippen LogP contribution in [0.3, 0.4) is 0 Å². The Balaban J connectivity index is 1.61. The van der Waals surface area contributed by atoms with E-state index in [1.807, 2.05) is 19.1 Å². The average Bonchev–Trinajstić information content (AvgIpc) is 2.70. The number of nitrogens with one attached hydrogen (secondary N) is 1. The van der Waals surface area contributed by atoms with Gasteiger partial charge in [0.15, 0.2) is 6.10 Å². The first-order chi connectivity index (χ1) is 13.5. The van der Waals surface area contributed by atoms with Crippen molar-refractivity contribution in [3.8, 4) is 0 Å². The fraction of sp³-hybridized carbons (Fsp3) is 0.238. The van der Waals surface area contributed by atoms with Crippen molar-refractivity contribution in [2.24, 2.45) is 0 Å². The van der Waals surface area contributed by atoms with Crippen LogP contribution in [0.15, 0.2) is 59.7 Å². The lowest BCUT2D eigenvalue weighted by Gasteiger charge is -2.14. The van der Waals surface area contributed by atoms with Gasteiger partial charge in [-0.15, -0.1) is 0 Å². The van der Waals surface area contributed by atoms with E-state index in [1.54, 1.807) is 36.4 Å². The lowest BCUT2D eigenvalue weighted by Crippen LogP contribution is -2.33. The minimum Gasteiger partial charge on any atom is -0.451 e. The number of esters is 1. The van der Waals surface area contributed by atoms with E-state index < -0.39 is 18.0 Å². The Morgan fingerprint density at radius 3 is 2.57 bits per heavy atom. The second-order valence-electron chi connectivity index (χ2n) is 6.37. The van der Waals surface area contributed by atoms with Gasteiger partial charge < -0.3 is 10.1 Å². The largest absolute Gasteiger partial charge is 0.451 e. The number of para-hydroxylation sites is 1. The molecule has 3 aromatic rings. The summed E-state index contributed by atoms with van der Waals surface area (Å²) in [5.41, 5.74) is 2.00. The lowest BCUT2D eigenvalue weighted by molar-refractivity contribution is -0.153. The van der Waals surface area contributed by atoms with Crippen molar-refractivity contribution in [3.63, 3.8) is 0 Å². The third-order valence-corrected chi connectivity index (χ3v) is 4.34. The first kappa shape index (κ1) is 19.3. The molecule has 0 saturated carbocycles. The van der Waals surface area contributed by atoms with Crippen LogP contribution in [0, 0.1) is 0 Å². The fourth-order valence-electron chi connectivity index (χ4n) is 2.71. The van der Waals surface area contributed by atoms with Crippen LogP contribution in [0.2, 0.25) is 0 Å². The minimum atomic E-state index is -0.998. The van der Waals surface area contributed by atoms with Crippen molar-refractivity contribution in [2.75, 3.05) is 5.32 Å². The second-order valence-corrected chi connectivity index (χ2v) is 6.37. The molecular formula is C21H21N3O4. The Labute approximate surface area is 162 Å². The summed E-state index contributed by atoms with van der Waals surface area (Å²) >= 11 is 0. The van der Waals surface area contributed by atoms with E-state index in [1.165, 1.54) is 17.8 Å². The summed E-state index contributed by atoms with van der Waals surface area (Å²) in [5, 5.41) is 3.12. The Hall–Kier alpha value is -3.48. The summed E-state index contributed by atoms with van der Waals surface area (Å²) in [6.07, 6.45) is 1.21. The summed E-state index contributed by atoms with van der Waals surface area (Å²) in [5.74, 6) is -1.13. The number of carbonyl (C=O) groups excluding carboxylic acids is 2. The maximum atomic E-state index is 12.4. The highest BCUT2D eigenvalue weighted by Crippen LogP contribution is 2.11. The number of carbonyl (C=O) groups is 2. The molecule has 1 atom stereocenters. The zero-order chi connectivity index (χ0) is 20.1. The van der Waals surface area contributed by atoms with Gasteiger partial charge in [-0.05, 0) is 43.2 Å². The second kappa shape index (κ2) is 8.47. The van der Waals surface area contributed by atoms with Crippen molar-refractivity contribution in [2.45, 2.75) is 32.9 Å². The predicted molar refractivity (Wildman–Crippen MR) is 106 cm³/mol. The third-order valence-electron chi connectivity index (χ3n) is 4.34. The smallest absolute Gasteiger partial charge is 0.326 e. The molecule has 1 heterocycles. The number of benzene rings is 2. The number of nitrogens with zero attached hydrogens (tertiary/aromatic N) is 2. The van der Waals surface area contributed by atoms with Gasteiger partial charge in [0.1, 0.15) is 6.54 Å². The highest BCUT2D eigenvalue weighted by molar-refractivity contribution is 5.95. The molecule has 0 aliphatic rings. The van der Waals surface area contributed by atoms with Crippen LogP contribution in [0.4, 0.5) is 5.69 Å². The Kier molecular flexibility index (Phi) is 5.84. The number of aryl methyl sites for hydroxylation is 1. The van der Waals surface area contributed by atoms with Crippen LogP contribution in [-0.2, 0) is 27.3 Å². The minimum absolute atomic E-state index is 0.320. The van der Waals surface area contributed by atoms with Gasteiger partial charge in [-0.2, -0.15) is 0 Å². The van der Waals surface area contributed by atoms with E-state index in [-0.39, 0.29) is 12.1 Å². The summed E-state index contributed by atoms with van der Waals surface area (Å²) in [7, 11) is 0. The van der Waals surface area contributed by atoms with Crippen molar-refractivity contribution >= 4 is 28.5 Å². The molecule has 0 saturated heterocycles. The highest BCUT2D eigenvalue weighted by atomic mass is 16.5. The molecule has 0 aliphatic carbocycles. The van der Waals surface area contributed by atoms with Crippen LogP contribution < -0.4 is 10.9 Å². The topological polar surface area (TPSA) is 90.3 Å². The molecule has 7 nitrogen and oxygen atoms in total. The van der Waals surface area contributed by atoms with Crippen molar-refractivity contribution < 1.29 is 14.3 Å². The highest BCUT2D eigenvalue weighted by Gasteiger charge is 2.19. The van der Waals surface area contributed by atoms with E-state index in [0.29, 0.717) is 16.6 Å². The van der Waals surface area contributed by atoms with Gasteiger partial charge in [-0.25, -0.2) is 4.98 Å². The van der Waals surface area contributed by atoms with Crippen LogP contribution in [0.5, 0.6) is 0 Å². The zero-order valence-electron chi connectivity index (χ0n) is 15.7. The summed E-state index contributed by atoms with van der Waals surface area (Å²) in [6.45, 7) is 3.21. The molecular weight excluding hydrogens is 358 g/mol. The number of aromatic nitrogens is 2. The van der Waals surface area contributed by atoms with Crippen molar-refractivity contribution in [1.29, 1.82) is 0 Å². The number of ether oxygens (including phenoxy) is 1. The number of hydrogen-bond donors (Lipinski definition) is 1. The summed E-state index contributed by atoms with van der Waals surface area (Å²) in [6, 6.07) is 14.3. The number of fused-ring (bicyclic) bond motifs is 1. The van der Waals surface area contributed by atoms with Gasteiger partial charge in [0, 0.05) is 5.69 Å². The van der Waals surface area contributed by atoms with Crippen LogP contribution in [0.25, 0.3) is 10.9 Å². The number of anilines is 1. The standard InChI is InChI=1S/C21H21N3O4/c1-3-15-8-10-16(11-9-15)23-20(26)14(2)28-19(25)12-24-13-22-18-7-5-4-6-17(18)21(24)27/h4-11,13-14H,3,12H2,1-2H3,(H,23,26)/t14-/m0/s1. The molecule has 0 unspecified atom stereocenters. The Bertz CT molecular complexity index is 1060. The van der Waals surface area contributed by atoms with Crippen molar-refractivity contribution in [3.05, 3.63) is 70.8 Å². The van der Waals surface area contributed by atoms with E-state index >= 15 is 0 Å². The summed E-state index contributed by atoms with van der Waals surface area (Å²) < 4.78 is 6.33. The normalized spacial score (nSPS) is 11.8. The molecule has 0 bridgehead atoms. The maximum absolute atomic E-state index is 12.4. The maximum Gasteiger partial charge on any atom is 0.326 e. The van der Waals surface area contributed by atoms with Gasteiger partial charge >= 0.3 is 5.97 Å². The molecule has 0 aliphatic heterocycles. The molecule has 1 amide bonds. The Morgan fingerprint density at radius 1 is 1.14 bits per heavy atom. The monoisotopic (exact) mass is 379 g/mol. The SMILES string of the molecule is CCc1ccc(NC(=O)[C@H](C)OC(=O)Cn2cnc3ccccc3c2=O)cc1. The Morgan fingerprint density at radius 2 is 1.86 bits per heavy atom. The molecule has 3 rings (SSSR count). The average molecular weight is 379 g/mol. The van der Waals surface area contributed by atoms with E-state index in [0.717, 1.165) is 12.0 Å². The third kappa shape index (κ3) is 4.43.